The molecule has 0 saturated heterocycles. The van der Waals surface area contributed by atoms with Gasteiger partial charge in [0, 0.05) is 4.88 Å². The third-order valence-corrected chi connectivity index (χ3v) is 4.56. The molecular formula is C19H24N2O3S. The fourth-order valence-electron chi connectivity index (χ4n) is 2.39. The molecule has 0 bridgehead atoms. The molecule has 0 aliphatic heterocycles. The molecule has 1 aromatic heterocycles. The number of amides is 2. The summed E-state index contributed by atoms with van der Waals surface area (Å²) in [5, 5.41) is 7.69. The molecule has 2 aromatic rings. The highest BCUT2D eigenvalue weighted by Crippen LogP contribution is 2.18. The average molecular weight is 360 g/mol. The van der Waals surface area contributed by atoms with Crippen LogP contribution in [0.2, 0.25) is 0 Å². The lowest BCUT2D eigenvalue weighted by Crippen LogP contribution is -2.49. The van der Waals surface area contributed by atoms with E-state index in [4.69, 9.17) is 4.74 Å². The minimum absolute atomic E-state index is 0.0356. The quantitative estimate of drug-likeness (QED) is 0.759. The van der Waals surface area contributed by atoms with E-state index in [1.54, 1.807) is 29.5 Å². The molecule has 1 heterocycles. The van der Waals surface area contributed by atoms with Gasteiger partial charge in [0.15, 0.2) is 0 Å². The second kappa shape index (κ2) is 9.22. The van der Waals surface area contributed by atoms with Crippen LogP contribution < -0.4 is 15.4 Å². The highest BCUT2D eigenvalue weighted by Gasteiger charge is 2.25. The van der Waals surface area contributed by atoms with Crippen LogP contribution in [0.3, 0.4) is 0 Å². The van der Waals surface area contributed by atoms with Crippen molar-refractivity contribution in [3.05, 3.63) is 52.2 Å². The van der Waals surface area contributed by atoms with Crippen molar-refractivity contribution in [1.82, 2.24) is 10.6 Å². The highest BCUT2D eigenvalue weighted by molar-refractivity contribution is 7.09. The van der Waals surface area contributed by atoms with Crippen molar-refractivity contribution in [2.24, 2.45) is 5.92 Å². The van der Waals surface area contributed by atoms with E-state index in [1.807, 2.05) is 44.4 Å². The molecule has 0 fully saturated rings. The lowest BCUT2D eigenvalue weighted by Gasteiger charge is -2.22. The molecule has 5 nitrogen and oxygen atoms in total. The molecule has 2 amide bonds. The third kappa shape index (κ3) is 5.32. The summed E-state index contributed by atoms with van der Waals surface area (Å²) in [4.78, 5) is 26.2. The molecule has 0 aliphatic rings. The summed E-state index contributed by atoms with van der Waals surface area (Å²) in [6.07, 6.45) is 0. The largest absolute Gasteiger partial charge is 0.493 e. The molecule has 0 spiro atoms. The molecule has 1 atom stereocenters. The Labute approximate surface area is 152 Å². The fraction of sp³-hybridized carbons (Fsp3) is 0.368. The van der Waals surface area contributed by atoms with Crippen LogP contribution in [0.1, 0.15) is 36.0 Å². The Kier molecular flexibility index (Phi) is 7.01. The minimum atomic E-state index is -0.609. The van der Waals surface area contributed by atoms with Crippen LogP contribution in [0.4, 0.5) is 0 Å². The number of ether oxygens (including phenoxy) is 1. The zero-order chi connectivity index (χ0) is 18.2. The van der Waals surface area contributed by atoms with Gasteiger partial charge in [-0.1, -0.05) is 32.0 Å². The number of benzene rings is 1. The van der Waals surface area contributed by atoms with Crippen molar-refractivity contribution in [3.63, 3.8) is 0 Å². The van der Waals surface area contributed by atoms with E-state index in [0.717, 1.165) is 4.88 Å². The molecule has 0 aliphatic carbocycles. The van der Waals surface area contributed by atoms with Crippen LogP contribution in [-0.2, 0) is 11.3 Å². The number of carbonyl (C=O) groups is 2. The zero-order valence-electron chi connectivity index (χ0n) is 14.7. The van der Waals surface area contributed by atoms with E-state index < -0.39 is 6.04 Å². The van der Waals surface area contributed by atoms with Gasteiger partial charge >= 0.3 is 0 Å². The van der Waals surface area contributed by atoms with E-state index in [2.05, 4.69) is 10.6 Å². The molecule has 1 unspecified atom stereocenters. The van der Waals surface area contributed by atoms with E-state index >= 15 is 0 Å². The Morgan fingerprint density at radius 2 is 1.92 bits per heavy atom. The Morgan fingerprint density at radius 1 is 1.16 bits per heavy atom. The first-order valence-corrected chi connectivity index (χ1v) is 9.23. The van der Waals surface area contributed by atoms with Crippen LogP contribution in [-0.4, -0.2) is 24.5 Å². The van der Waals surface area contributed by atoms with Gasteiger partial charge in [-0.15, -0.1) is 11.3 Å². The first-order valence-electron chi connectivity index (χ1n) is 8.35. The summed E-state index contributed by atoms with van der Waals surface area (Å²) in [6.45, 7) is 6.61. The van der Waals surface area contributed by atoms with E-state index in [9.17, 15) is 9.59 Å². The summed E-state index contributed by atoms with van der Waals surface area (Å²) >= 11 is 1.58. The van der Waals surface area contributed by atoms with Crippen molar-refractivity contribution < 1.29 is 14.3 Å². The van der Waals surface area contributed by atoms with Crippen molar-refractivity contribution in [1.29, 1.82) is 0 Å². The summed E-state index contributed by atoms with van der Waals surface area (Å²) in [5.41, 5.74) is 0.432. The number of rotatable bonds is 8. The first kappa shape index (κ1) is 19.0. The average Bonchev–Trinajstić information content (AvgIpc) is 3.11. The van der Waals surface area contributed by atoms with Gasteiger partial charge in [-0.25, -0.2) is 0 Å². The predicted octanol–water partition coefficient (Wildman–Crippen LogP) is 3.22. The van der Waals surface area contributed by atoms with Crippen molar-refractivity contribution in [3.8, 4) is 5.75 Å². The number of nitrogens with one attached hydrogen (secondary N) is 2. The van der Waals surface area contributed by atoms with E-state index in [-0.39, 0.29) is 17.7 Å². The second-order valence-electron chi connectivity index (χ2n) is 5.92. The van der Waals surface area contributed by atoms with Crippen molar-refractivity contribution >= 4 is 23.2 Å². The van der Waals surface area contributed by atoms with Gasteiger partial charge in [0.25, 0.3) is 5.91 Å². The topological polar surface area (TPSA) is 67.4 Å². The minimum Gasteiger partial charge on any atom is -0.493 e. The number of para-hydroxylation sites is 1. The Balaban J connectivity index is 2.05. The van der Waals surface area contributed by atoms with Gasteiger partial charge < -0.3 is 15.4 Å². The monoisotopic (exact) mass is 360 g/mol. The van der Waals surface area contributed by atoms with Crippen molar-refractivity contribution in [2.75, 3.05) is 6.61 Å². The molecule has 0 radical (unpaired) electrons. The molecule has 2 rings (SSSR count). The van der Waals surface area contributed by atoms with Gasteiger partial charge in [-0.2, -0.15) is 0 Å². The molecule has 0 saturated carbocycles. The normalized spacial score (nSPS) is 11.8. The summed E-state index contributed by atoms with van der Waals surface area (Å²) in [5.74, 6) is -0.0183. The Morgan fingerprint density at radius 3 is 2.56 bits per heavy atom. The maximum atomic E-state index is 12.6. The van der Waals surface area contributed by atoms with Crippen molar-refractivity contribution in [2.45, 2.75) is 33.4 Å². The summed E-state index contributed by atoms with van der Waals surface area (Å²) in [6, 6.07) is 10.3. The van der Waals surface area contributed by atoms with Crippen LogP contribution in [0, 0.1) is 5.92 Å². The molecule has 6 heteroatoms. The van der Waals surface area contributed by atoms with Gasteiger partial charge in [-0.05, 0) is 36.4 Å². The number of carbonyl (C=O) groups excluding carboxylic acids is 2. The van der Waals surface area contributed by atoms with Gasteiger partial charge in [0.05, 0.1) is 18.7 Å². The van der Waals surface area contributed by atoms with Gasteiger partial charge in [0.2, 0.25) is 5.91 Å². The fourth-order valence-corrected chi connectivity index (χ4v) is 3.03. The van der Waals surface area contributed by atoms with Gasteiger partial charge in [0.1, 0.15) is 11.8 Å². The maximum Gasteiger partial charge on any atom is 0.255 e. The Bertz CT molecular complexity index is 698. The van der Waals surface area contributed by atoms with Crippen LogP contribution >= 0.6 is 11.3 Å². The predicted molar refractivity (Wildman–Crippen MR) is 99.9 cm³/mol. The lowest BCUT2D eigenvalue weighted by molar-refractivity contribution is -0.124. The van der Waals surface area contributed by atoms with Crippen LogP contribution in [0.5, 0.6) is 5.75 Å². The molecule has 2 N–H and O–H groups in total. The number of hydrogen-bond acceptors (Lipinski definition) is 4. The molecule has 1 aromatic carbocycles. The first-order chi connectivity index (χ1) is 12.0. The summed E-state index contributed by atoms with van der Waals surface area (Å²) in [7, 11) is 0. The maximum absolute atomic E-state index is 12.6. The third-order valence-electron chi connectivity index (χ3n) is 3.68. The molecule has 25 heavy (non-hydrogen) atoms. The van der Waals surface area contributed by atoms with E-state index in [0.29, 0.717) is 24.5 Å². The molecule has 134 valence electrons. The van der Waals surface area contributed by atoms with Crippen LogP contribution in [0.25, 0.3) is 0 Å². The SMILES string of the molecule is CCOc1ccccc1C(=O)NC(C(=O)NCc1cccs1)C(C)C. The Hall–Kier alpha value is -2.34. The van der Waals surface area contributed by atoms with Gasteiger partial charge in [-0.3, -0.25) is 9.59 Å². The van der Waals surface area contributed by atoms with Crippen LogP contribution in [0.15, 0.2) is 41.8 Å². The zero-order valence-corrected chi connectivity index (χ0v) is 15.6. The number of hydrogen-bond donors (Lipinski definition) is 2. The highest BCUT2D eigenvalue weighted by atomic mass is 32.1. The number of thiophene rings is 1. The smallest absolute Gasteiger partial charge is 0.255 e. The molecular weight excluding hydrogens is 336 g/mol. The van der Waals surface area contributed by atoms with E-state index in [1.165, 1.54) is 0 Å². The standard InChI is InChI=1S/C19H24N2O3S/c1-4-24-16-10-6-5-9-15(16)18(22)21-17(13(2)3)19(23)20-12-14-8-7-11-25-14/h5-11,13,17H,4,12H2,1-3H3,(H,20,23)(H,21,22). The summed E-state index contributed by atoms with van der Waals surface area (Å²) < 4.78 is 5.50. The second-order valence-corrected chi connectivity index (χ2v) is 6.95. The lowest BCUT2D eigenvalue weighted by atomic mass is 10.0.